The maximum atomic E-state index is 13.2. The zero-order valence-corrected chi connectivity index (χ0v) is 14.3. The minimum atomic E-state index is -4.50. The summed E-state index contributed by atoms with van der Waals surface area (Å²) in [4.78, 5) is 7.98. The Morgan fingerprint density at radius 1 is 1.07 bits per heavy atom. The van der Waals surface area contributed by atoms with E-state index in [9.17, 15) is 13.2 Å². The Bertz CT molecular complexity index is 1000. The molecule has 0 unspecified atom stereocenters. The fourth-order valence-electron chi connectivity index (χ4n) is 3.09. The van der Waals surface area contributed by atoms with E-state index < -0.39 is 11.7 Å². The molecule has 0 spiro atoms. The summed E-state index contributed by atoms with van der Waals surface area (Å²) in [7, 11) is 0. The Labute approximate surface area is 152 Å². The molecule has 2 heterocycles. The Hall–Kier alpha value is -2.84. The monoisotopic (exact) mass is 374 g/mol. The van der Waals surface area contributed by atoms with Crippen molar-refractivity contribution in [2.45, 2.75) is 43.9 Å². The molecule has 2 aliphatic carbocycles. The molecule has 5 rings (SSSR count). The highest BCUT2D eigenvalue weighted by Crippen LogP contribution is 2.39. The molecule has 2 N–H and O–H groups in total. The van der Waals surface area contributed by atoms with Crippen molar-refractivity contribution in [2.75, 3.05) is 10.6 Å². The van der Waals surface area contributed by atoms with Crippen LogP contribution in [0.4, 0.5) is 30.6 Å². The first-order chi connectivity index (χ1) is 13.0. The van der Waals surface area contributed by atoms with E-state index in [-0.39, 0.29) is 17.8 Å². The standard InChI is InChI=1S/C18H17F3N6/c19-18(20,21)13-9-22-17(26-16(13)24-10-4-5-10)25-14-2-1-3-15-12(14)8-23-27(15)11-6-7-11/h1-3,8-11H,4-7H2,(H2,22,24,25,26). The van der Waals surface area contributed by atoms with Crippen molar-refractivity contribution in [1.82, 2.24) is 19.7 Å². The number of hydrogen-bond acceptors (Lipinski definition) is 5. The van der Waals surface area contributed by atoms with E-state index in [0.29, 0.717) is 6.04 Å². The summed E-state index contributed by atoms with van der Waals surface area (Å²) in [6, 6.07) is 6.21. The van der Waals surface area contributed by atoms with Gasteiger partial charge < -0.3 is 10.6 Å². The van der Waals surface area contributed by atoms with Gasteiger partial charge in [0.05, 0.1) is 23.4 Å². The van der Waals surface area contributed by atoms with Gasteiger partial charge in [-0.15, -0.1) is 0 Å². The molecule has 0 atom stereocenters. The lowest BCUT2D eigenvalue weighted by Crippen LogP contribution is -2.15. The summed E-state index contributed by atoms with van der Waals surface area (Å²) < 4.78 is 41.7. The lowest BCUT2D eigenvalue weighted by molar-refractivity contribution is -0.137. The normalized spacial score (nSPS) is 17.3. The molecule has 0 radical (unpaired) electrons. The highest BCUT2D eigenvalue weighted by Gasteiger charge is 2.37. The molecule has 2 aliphatic rings. The number of alkyl halides is 3. The van der Waals surface area contributed by atoms with Crippen molar-refractivity contribution >= 4 is 28.4 Å². The van der Waals surface area contributed by atoms with Crippen LogP contribution in [-0.2, 0) is 6.18 Å². The third-order valence-electron chi connectivity index (χ3n) is 4.79. The molecule has 2 saturated carbocycles. The average Bonchev–Trinajstić information content (AvgIpc) is 3.55. The van der Waals surface area contributed by atoms with Gasteiger partial charge in [-0.05, 0) is 37.8 Å². The number of anilines is 3. The first-order valence-electron chi connectivity index (χ1n) is 8.93. The van der Waals surface area contributed by atoms with Crippen LogP contribution >= 0.6 is 0 Å². The SMILES string of the molecule is FC(F)(F)c1cnc(Nc2cccc3c2cnn3C2CC2)nc1NC1CC1. The molecule has 9 heteroatoms. The molecule has 140 valence electrons. The molecule has 6 nitrogen and oxygen atoms in total. The van der Waals surface area contributed by atoms with Gasteiger partial charge in [-0.25, -0.2) is 4.98 Å². The quantitative estimate of drug-likeness (QED) is 0.688. The largest absolute Gasteiger partial charge is 0.421 e. The van der Waals surface area contributed by atoms with E-state index in [4.69, 9.17) is 0 Å². The average molecular weight is 374 g/mol. The van der Waals surface area contributed by atoms with Crippen LogP contribution in [0.1, 0.15) is 37.3 Å². The van der Waals surface area contributed by atoms with Gasteiger partial charge in [0, 0.05) is 17.6 Å². The van der Waals surface area contributed by atoms with Crippen LogP contribution in [-0.4, -0.2) is 25.8 Å². The van der Waals surface area contributed by atoms with E-state index >= 15 is 0 Å². The number of rotatable bonds is 5. The smallest absolute Gasteiger partial charge is 0.367 e. The zero-order chi connectivity index (χ0) is 18.6. The molecule has 3 aromatic rings. The number of nitrogens with zero attached hydrogens (tertiary/aromatic N) is 4. The van der Waals surface area contributed by atoms with Crippen molar-refractivity contribution in [2.24, 2.45) is 0 Å². The van der Waals surface area contributed by atoms with E-state index in [1.807, 2.05) is 22.9 Å². The van der Waals surface area contributed by atoms with Crippen molar-refractivity contribution in [3.05, 3.63) is 36.2 Å². The number of fused-ring (bicyclic) bond motifs is 1. The molecule has 0 aliphatic heterocycles. The van der Waals surface area contributed by atoms with Gasteiger partial charge in [-0.2, -0.15) is 23.3 Å². The predicted octanol–water partition coefficient (Wildman–Crippen LogP) is 4.50. The maximum Gasteiger partial charge on any atom is 0.421 e. The number of benzene rings is 1. The maximum absolute atomic E-state index is 13.2. The molecule has 1 aromatic carbocycles. The van der Waals surface area contributed by atoms with Crippen LogP contribution in [0.2, 0.25) is 0 Å². The Morgan fingerprint density at radius 3 is 2.59 bits per heavy atom. The van der Waals surface area contributed by atoms with Crippen LogP contribution < -0.4 is 10.6 Å². The van der Waals surface area contributed by atoms with Crippen LogP contribution in [0.25, 0.3) is 10.9 Å². The summed E-state index contributed by atoms with van der Waals surface area (Å²) in [5.74, 6) is -0.0545. The first-order valence-corrected chi connectivity index (χ1v) is 8.93. The van der Waals surface area contributed by atoms with Gasteiger partial charge >= 0.3 is 6.18 Å². The van der Waals surface area contributed by atoms with Gasteiger partial charge in [-0.3, -0.25) is 4.68 Å². The highest BCUT2D eigenvalue weighted by molar-refractivity contribution is 5.92. The second kappa shape index (κ2) is 5.83. The fraction of sp³-hybridized carbons (Fsp3) is 0.389. The summed E-state index contributed by atoms with van der Waals surface area (Å²) >= 11 is 0. The van der Waals surface area contributed by atoms with Crippen molar-refractivity contribution < 1.29 is 13.2 Å². The minimum Gasteiger partial charge on any atom is -0.367 e. The Morgan fingerprint density at radius 2 is 1.89 bits per heavy atom. The summed E-state index contributed by atoms with van der Waals surface area (Å²) in [5.41, 5.74) is 0.863. The first kappa shape index (κ1) is 16.3. The van der Waals surface area contributed by atoms with E-state index in [1.165, 1.54) is 0 Å². The summed E-state index contributed by atoms with van der Waals surface area (Å²) in [5, 5.41) is 11.2. The molecule has 2 aromatic heterocycles. The van der Waals surface area contributed by atoms with E-state index in [0.717, 1.165) is 48.5 Å². The topological polar surface area (TPSA) is 67.7 Å². The Balaban J connectivity index is 1.49. The third kappa shape index (κ3) is 3.17. The van der Waals surface area contributed by atoms with E-state index in [1.54, 1.807) is 6.20 Å². The number of halogens is 3. The van der Waals surface area contributed by atoms with Gasteiger partial charge in [0.25, 0.3) is 0 Å². The lowest BCUT2D eigenvalue weighted by atomic mass is 10.2. The molecule has 0 saturated heterocycles. The molecular formula is C18H17F3N6. The second-order valence-corrected chi connectivity index (χ2v) is 7.06. The number of hydrogen-bond donors (Lipinski definition) is 2. The van der Waals surface area contributed by atoms with Gasteiger partial charge in [-0.1, -0.05) is 6.07 Å². The minimum absolute atomic E-state index is 0.0501. The Kier molecular flexibility index (Phi) is 3.53. The number of nitrogens with one attached hydrogen (secondary N) is 2. The molecular weight excluding hydrogens is 357 g/mol. The summed E-state index contributed by atoms with van der Waals surface area (Å²) in [6.45, 7) is 0. The zero-order valence-electron chi connectivity index (χ0n) is 14.3. The van der Waals surface area contributed by atoms with Crippen LogP contribution in [0.15, 0.2) is 30.6 Å². The molecule has 0 amide bonds. The van der Waals surface area contributed by atoms with Gasteiger partial charge in [0.2, 0.25) is 5.95 Å². The van der Waals surface area contributed by atoms with Crippen molar-refractivity contribution in [1.29, 1.82) is 0 Å². The predicted molar refractivity (Wildman–Crippen MR) is 95.0 cm³/mol. The fourth-order valence-corrected chi connectivity index (χ4v) is 3.09. The van der Waals surface area contributed by atoms with E-state index in [2.05, 4.69) is 25.7 Å². The number of aromatic nitrogens is 4. The van der Waals surface area contributed by atoms with Crippen LogP contribution in [0.5, 0.6) is 0 Å². The highest BCUT2D eigenvalue weighted by atomic mass is 19.4. The van der Waals surface area contributed by atoms with Gasteiger partial charge in [0.15, 0.2) is 0 Å². The van der Waals surface area contributed by atoms with Crippen molar-refractivity contribution in [3.63, 3.8) is 0 Å². The molecule has 27 heavy (non-hydrogen) atoms. The second-order valence-electron chi connectivity index (χ2n) is 7.06. The van der Waals surface area contributed by atoms with Crippen LogP contribution in [0, 0.1) is 0 Å². The summed E-state index contributed by atoms with van der Waals surface area (Å²) in [6.07, 6.45) is 2.03. The third-order valence-corrected chi connectivity index (χ3v) is 4.79. The molecule has 0 bridgehead atoms. The lowest BCUT2D eigenvalue weighted by Gasteiger charge is -2.14. The van der Waals surface area contributed by atoms with Crippen LogP contribution in [0.3, 0.4) is 0 Å². The van der Waals surface area contributed by atoms with Crippen molar-refractivity contribution in [3.8, 4) is 0 Å². The van der Waals surface area contributed by atoms with Gasteiger partial charge in [0.1, 0.15) is 11.4 Å². The molecule has 2 fully saturated rings.